The maximum atomic E-state index is 13.0. The van der Waals surface area contributed by atoms with E-state index in [0.717, 1.165) is 43.2 Å². The van der Waals surface area contributed by atoms with Crippen LogP contribution in [0.5, 0.6) is 5.75 Å². The van der Waals surface area contributed by atoms with Gasteiger partial charge in [-0.15, -0.1) is 0 Å². The van der Waals surface area contributed by atoms with E-state index in [0.29, 0.717) is 19.5 Å². The summed E-state index contributed by atoms with van der Waals surface area (Å²) < 4.78 is 5.20. The number of piperidine rings is 1. The van der Waals surface area contributed by atoms with Crippen molar-refractivity contribution in [3.63, 3.8) is 0 Å². The third kappa shape index (κ3) is 5.48. The molecule has 1 N–H and O–H groups in total. The van der Waals surface area contributed by atoms with E-state index in [1.807, 2.05) is 41.1 Å². The van der Waals surface area contributed by atoms with Crippen molar-refractivity contribution in [3.05, 3.63) is 29.8 Å². The Morgan fingerprint density at radius 3 is 2.57 bits per heavy atom. The summed E-state index contributed by atoms with van der Waals surface area (Å²) in [5.41, 5.74) is -0.115. The first-order chi connectivity index (χ1) is 13.5. The number of nitrogens with zero attached hydrogens (tertiary/aromatic N) is 2. The van der Waals surface area contributed by atoms with Crippen LogP contribution >= 0.6 is 0 Å². The summed E-state index contributed by atoms with van der Waals surface area (Å²) in [6, 6.07) is 7.93. The smallest absolute Gasteiger partial charge is 0.255 e. The molecule has 5 heteroatoms. The summed E-state index contributed by atoms with van der Waals surface area (Å²) in [5.74, 6) is 1.52. The van der Waals surface area contributed by atoms with Gasteiger partial charge in [0.1, 0.15) is 5.75 Å². The number of hydrogen-bond acceptors (Lipinski definition) is 4. The summed E-state index contributed by atoms with van der Waals surface area (Å²) in [6.07, 6.45) is 9.15. The molecule has 1 aliphatic heterocycles. The van der Waals surface area contributed by atoms with Gasteiger partial charge in [0, 0.05) is 26.2 Å². The second kappa shape index (κ2) is 9.75. The first kappa shape index (κ1) is 21.1. The molecule has 2 aliphatic rings. The molecule has 3 rings (SSSR count). The highest BCUT2D eigenvalue weighted by molar-refractivity contribution is 5.86. The molecular formula is C23H36N2O3. The van der Waals surface area contributed by atoms with Crippen LogP contribution in [-0.2, 0) is 11.3 Å². The van der Waals surface area contributed by atoms with Crippen LogP contribution in [0.15, 0.2) is 24.3 Å². The Morgan fingerprint density at radius 1 is 1.18 bits per heavy atom. The van der Waals surface area contributed by atoms with Gasteiger partial charge in [-0.1, -0.05) is 44.2 Å². The summed E-state index contributed by atoms with van der Waals surface area (Å²) in [7, 11) is 3.63. The minimum Gasteiger partial charge on any atom is -0.497 e. The van der Waals surface area contributed by atoms with Gasteiger partial charge in [0.15, 0.2) is 5.60 Å². The molecule has 1 aromatic carbocycles. The number of rotatable bonds is 8. The molecule has 1 heterocycles. The lowest BCUT2D eigenvalue weighted by Crippen LogP contribution is -2.58. The van der Waals surface area contributed by atoms with Crippen LogP contribution in [-0.4, -0.2) is 60.2 Å². The van der Waals surface area contributed by atoms with Crippen molar-refractivity contribution in [2.24, 2.45) is 5.92 Å². The van der Waals surface area contributed by atoms with E-state index in [9.17, 15) is 9.90 Å². The van der Waals surface area contributed by atoms with Crippen LogP contribution < -0.4 is 4.74 Å². The lowest BCUT2D eigenvalue weighted by Gasteiger charge is -2.40. The van der Waals surface area contributed by atoms with E-state index in [2.05, 4.69) is 0 Å². The molecule has 1 amide bonds. The number of likely N-dealkylation sites (N-methyl/N-ethyl adjacent to an activating group) is 1. The van der Waals surface area contributed by atoms with Crippen molar-refractivity contribution in [1.82, 2.24) is 9.80 Å². The average Bonchev–Trinajstić information content (AvgIpc) is 2.70. The molecule has 5 nitrogen and oxygen atoms in total. The monoisotopic (exact) mass is 388 g/mol. The highest BCUT2D eigenvalue weighted by atomic mass is 16.5. The predicted octanol–water partition coefficient (Wildman–Crippen LogP) is 3.45. The second-order valence-corrected chi connectivity index (χ2v) is 8.74. The summed E-state index contributed by atoms with van der Waals surface area (Å²) in [6.45, 7) is 2.66. The SMILES string of the molecule is COc1ccc(CN(C)C[C@]2(O)CCCN(CCC3CCCCC3)C2=O)cc1. The normalized spacial score (nSPS) is 24.0. The van der Waals surface area contributed by atoms with E-state index in [1.165, 1.54) is 32.1 Å². The molecule has 28 heavy (non-hydrogen) atoms. The standard InChI is InChI=1S/C23H36N2O3/c1-24(17-20-9-11-21(28-2)12-10-20)18-23(27)14-6-15-25(22(23)26)16-13-19-7-4-3-5-8-19/h9-12,19,27H,3-8,13-18H2,1-2H3/t23-/m1/s1. The van der Waals surface area contributed by atoms with Crippen LogP contribution in [0.4, 0.5) is 0 Å². The molecule has 1 aromatic rings. The zero-order chi connectivity index (χ0) is 20.0. The van der Waals surface area contributed by atoms with Gasteiger partial charge in [-0.3, -0.25) is 9.69 Å². The number of ether oxygens (including phenoxy) is 1. The fourth-order valence-corrected chi connectivity index (χ4v) is 4.78. The van der Waals surface area contributed by atoms with Gasteiger partial charge >= 0.3 is 0 Å². The zero-order valence-electron chi connectivity index (χ0n) is 17.5. The number of hydrogen-bond donors (Lipinski definition) is 1. The van der Waals surface area contributed by atoms with Gasteiger partial charge in [0.2, 0.25) is 0 Å². The number of aliphatic hydroxyl groups is 1. The maximum absolute atomic E-state index is 13.0. The number of benzene rings is 1. The fourth-order valence-electron chi connectivity index (χ4n) is 4.78. The number of carbonyl (C=O) groups excluding carboxylic acids is 1. The fraction of sp³-hybridized carbons (Fsp3) is 0.696. The van der Waals surface area contributed by atoms with Crippen molar-refractivity contribution in [2.45, 2.75) is 63.5 Å². The molecule has 0 aromatic heterocycles. The third-order valence-electron chi connectivity index (χ3n) is 6.38. The number of methoxy groups -OCH3 is 1. The van der Waals surface area contributed by atoms with Crippen molar-refractivity contribution in [2.75, 3.05) is 33.8 Å². The van der Waals surface area contributed by atoms with Gasteiger partial charge < -0.3 is 14.7 Å². The third-order valence-corrected chi connectivity index (χ3v) is 6.38. The largest absolute Gasteiger partial charge is 0.497 e. The molecule has 0 bridgehead atoms. The van der Waals surface area contributed by atoms with Crippen LogP contribution in [0.3, 0.4) is 0 Å². The first-order valence-corrected chi connectivity index (χ1v) is 10.8. The van der Waals surface area contributed by atoms with Crippen molar-refractivity contribution in [1.29, 1.82) is 0 Å². The van der Waals surface area contributed by atoms with E-state index < -0.39 is 5.60 Å². The molecule has 0 unspecified atom stereocenters. The molecule has 1 aliphatic carbocycles. The molecule has 1 atom stereocenters. The van der Waals surface area contributed by atoms with Crippen molar-refractivity contribution >= 4 is 5.91 Å². The van der Waals surface area contributed by atoms with E-state index in [4.69, 9.17) is 4.74 Å². The Labute approximate surface area is 169 Å². The van der Waals surface area contributed by atoms with Crippen molar-refractivity contribution in [3.8, 4) is 5.75 Å². The van der Waals surface area contributed by atoms with Gasteiger partial charge in [0.25, 0.3) is 5.91 Å². The topological polar surface area (TPSA) is 53.0 Å². The molecule has 0 radical (unpaired) electrons. The van der Waals surface area contributed by atoms with Gasteiger partial charge in [-0.05, 0) is 49.9 Å². The molecule has 2 fully saturated rings. The van der Waals surface area contributed by atoms with Crippen molar-refractivity contribution < 1.29 is 14.6 Å². The lowest BCUT2D eigenvalue weighted by atomic mass is 9.86. The zero-order valence-corrected chi connectivity index (χ0v) is 17.5. The first-order valence-electron chi connectivity index (χ1n) is 10.8. The van der Waals surface area contributed by atoms with Crippen LogP contribution in [0.2, 0.25) is 0 Å². The number of likely N-dealkylation sites (tertiary alicyclic amines) is 1. The van der Waals surface area contributed by atoms with Crippen LogP contribution in [0.1, 0.15) is 56.9 Å². The predicted molar refractivity (Wildman–Crippen MR) is 111 cm³/mol. The Bertz CT molecular complexity index is 627. The Hall–Kier alpha value is -1.59. The quantitative estimate of drug-likeness (QED) is 0.741. The van der Waals surface area contributed by atoms with Gasteiger partial charge in [-0.2, -0.15) is 0 Å². The lowest BCUT2D eigenvalue weighted by molar-refractivity contribution is -0.159. The molecule has 0 spiro atoms. The maximum Gasteiger partial charge on any atom is 0.255 e. The summed E-state index contributed by atoms with van der Waals surface area (Å²) in [5, 5.41) is 11.1. The average molecular weight is 389 g/mol. The Balaban J connectivity index is 1.52. The highest BCUT2D eigenvalue weighted by Gasteiger charge is 2.42. The summed E-state index contributed by atoms with van der Waals surface area (Å²) >= 11 is 0. The summed E-state index contributed by atoms with van der Waals surface area (Å²) in [4.78, 5) is 17.0. The number of carbonyl (C=O) groups is 1. The van der Waals surface area contributed by atoms with Crippen LogP contribution in [0.25, 0.3) is 0 Å². The van der Waals surface area contributed by atoms with E-state index in [-0.39, 0.29) is 5.91 Å². The highest BCUT2D eigenvalue weighted by Crippen LogP contribution is 2.29. The number of amides is 1. The molecular weight excluding hydrogens is 352 g/mol. The molecule has 1 saturated carbocycles. The minimum absolute atomic E-state index is 0.0730. The van der Waals surface area contributed by atoms with E-state index >= 15 is 0 Å². The van der Waals surface area contributed by atoms with Gasteiger partial charge in [0.05, 0.1) is 7.11 Å². The van der Waals surface area contributed by atoms with E-state index in [1.54, 1.807) is 7.11 Å². The van der Waals surface area contributed by atoms with Gasteiger partial charge in [-0.25, -0.2) is 0 Å². The second-order valence-electron chi connectivity index (χ2n) is 8.74. The minimum atomic E-state index is -1.26. The van der Waals surface area contributed by atoms with Crippen LogP contribution in [0, 0.1) is 5.92 Å². The Kier molecular flexibility index (Phi) is 7.36. The Morgan fingerprint density at radius 2 is 1.89 bits per heavy atom. The molecule has 156 valence electrons. The molecule has 1 saturated heterocycles.